The molecule has 1 saturated carbocycles. The molecule has 3 aliphatic rings. The smallest absolute Gasteiger partial charge is 0.273 e. The van der Waals surface area contributed by atoms with Crippen LogP contribution in [0.25, 0.3) is 0 Å². The maximum Gasteiger partial charge on any atom is 0.273 e. The molecular formula is C16H23N3OS. The largest absolute Gasteiger partial charge is 0.333 e. The number of rotatable bonds is 3. The van der Waals surface area contributed by atoms with Gasteiger partial charge in [0.05, 0.1) is 5.01 Å². The molecule has 2 atom stereocenters. The van der Waals surface area contributed by atoms with Crippen molar-refractivity contribution in [3.05, 3.63) is 16.1 Å². The minimum absolute atomic E-state index is 0.168. The van der Waals surface area contributed by atoms with E-state index in [0.29, 0.717) is 23.7 Å². The van der Waals surface area contributed by atoms with Crippen LogP contribution in [-0.4, -0.2) is 52.9 Å². The summed E-state index contributed by atoms with van der Waals surface area (Å²) in [6, 6.07) is 0.953. The van der Waals surface area contributed by atoms with Gasteiger partial charge in [0, 0.05) is 29.9 Å². The van der Waals surface area contributed by atoms with E-state index in [0.717, 1.165) is 19.4 Å². The standard InChI is InChI=1S/C16H23N3OS/c1-18-8-2-4-13(18)14-5-3-9-19(14)16(20)12-10-21-15(17-12)11-6-7-11/h10-11,13-14H,2-9H2,1H3/t13-,14-/m1/s1. The van der Waals surface area contributed by atoms with Gasteiger partial charge in [-0.15, -0.1) is 11.3 Å². The van der Waals surface area contributed by atoms with E-state index >= 15 is 0 Å². The van der Waals surface area contributed by atoms with Crippen LogP contribution in [0.5, 0.6) is 0 Å². The predicted octanol–water partition coefficient (Wildman–Crippen LogP) is 2.72. The van der Waals surface area contributed by atoms with Crippen LogP contribution in [0, 0.1) is 0 Å². The lowest BCUT2D eigenvalue weighted by Gasteiger charge is -2.32. The molecule has 21 heavy (non-hydrogen) atoms. The van der Waals surface area contributed by atoms with Gasteiger partial charge in [-0.05, 0) is 52.1 Å². The lowest BCUT2D eigenvalue weighted by Crippen LogP contribution is -2.47. The number of amides is 1. The van der Waals surface area contributed by atoms with Gasteiger partial charge in [-0.1, -0.05) is 0 Å². The monoisotopic (exact) mass is 305 g/mol. The van der Waals surface area contributed by atoms with Crippen LogP contribution in [-0.2, 0) is 0 Å². The van der Waals surface area contributed by atoms with E-state index in [1.807, 2.05) is 5.38 Å². The second-order valence-corrected chi connectivity index (χ2v) is 7.63. The highest BCUT2D eigenvalue weighted by molar-refractivity contribution is 7.10. The van der Waals surface area contributed by atoms with Gasteiger partial charge in [0.2, 0.25) is 0 Å². The van der Waals surface area contributed by atoms with Crippen molar-refractivity contribution >= 4 is 17.2 Å². The summed E-state index contributed by atoms with van der Waals surface area (Å²) in [6.07, 6.45) is 7.29. The van der Waals surface area contributed by atoms with Gasteiger partial charge in [0.1, 0.15) is 5.69 Å². The molecule has 0 aromatic carbocycles. The summed E-state index contributed by atoms with van der Waals surface area (Å²) in [5.74, 6) is 0.813. The number of aromatic nitrogens is 1. The fraction of sp³-hybridized carbons (Fsp3) is 0.750. The van der Waals surface area contributed by atoms with Crippen LogP contribution in [0.3, 0.4) is 0 Å². The van der Waals surface area contributed by atoms with Crippen molar-refractivity contribution < 1.29 is 4.79 Å². The van der Waals surface area contributed by atoms with Gasteiger partial charge in [-0.2, -0.15) is 0 Å². The molecule has 4 nitrogen and oxygen atoms in total. The topological polar surface area (TPSA) is 36.4 Å². The number of thiazole rings is 1. The van der Waals surface area contributed by atoms with Gasteiger partial charge in [-0.3, -0.25) is 4.79 Å². The van der Waals surface area contributed by atoms with E-state index in [1.54, 1.807) is 11.3 Å². The number of likely N-dealkylation sites (N-methyl/N-ethyl adjacent to an activating group) is 1. The van der Waals surface area contributed by atoms with Crippen molar-refractivity contribution in [2.45, 2.75) is 56.5 Å². The van der Waals surface area contributed by atoms with Crippen LogP contribution in [0.1, 0.15) is 59.9 Å². The maximum absolute atomic E-state index is 12.8. The van der Waals surface area contributed by atoms with Crippen molar-refractivity contribution in [3.63, 3.8) is 0 Å². The molecular weight excluding hydrogens is 282 g/mol. The first kappa shape index (κ1) is 13.7. The minimum atomic E-state index is 0.168. The number of nitrogens with zero attached hydrogens (tertiary/aromatic N) is 3. The Bertz CT molecular complexity index is 539. The Morgan fingerprint density at radius 2 is 1.95 bits per heavy atom. The van der Waals surface area contributed by atoms with E-state index in [1.165, 1.54) is 37.2 Å². The van der Waals surface area contributed by atoms with Crippen LogP contribution in [0.2, 0.25) is 0 Å². The van der Waals surface area contributed by atoms with E-state index in [-0.39, 0.29) is 5.91 Å². The molecule has 3 fully saturated rings. The van der Waals surface area contributed by atoms with Crippen molar-refractivity contribution in [2.24, 2.45) is 0 Å². The third-order valence-corrected chi connectivity index (χ3v) is 6.26. The second-order valence-electron chi connectivity index (χ2n) is 6.74. The zero-order valence-electron chi connectivity index (χ0n) is 12.6. The van der Waals surface area contributed by atoms with Gasteiger partial charge < -0.3 is 9.80 Å². The molecule has 3 heterocycles. The van der Waals surface area contributed by atoms with Crippen LogP contribution >= 0.6 is 11.3 Å². The second kappa shape index (κ2) is 5.36. The van der Waals surface area contributed by atoms with Crippen LogP contribution < -0.4 is 0 Å². The zero-order valence-corrected chi connectivity index (χ0v) is 13.4. The molecule has 1 aliphatic carbocycles. The molecule has 0 N–H and O–H groups in total. The Balaban J connectivity index is 1.51. The van der Waals surface area contributed by atoms with E-state index in [4.69, 9.17) is 0 Å². The molecule has 1 aromatic heterocycles. The highest BCUT2D eigenvalue weighted by Gasteiger charge is 2.39. The lowest BCUT2D eigenvalue weighted by molar-refractivity contribution is 0.0659. The summed E-state index contributed by atoms with van der Waals surface area (Å²) < 4.78 is 0. The summed E-state index contributed by atoms with van der Waals surface area (Å²) in [4.78, 5) is 22.0. The molecule has 5 heteroatoms. The van der Waals surface area contributed by atoms with Crippen molar-refractivity contribution in [2.75, 3.05) is 20.1 Å². The number of carbonyl (C=O) groups excluding carboxylic acids is 1. The normalized spacial score (nSPS) is 30.2. The lowest BCUT2D eigenvalue weighted by atomic mass is 10.0. The van der Waals surface area contributed by atoms with Crippen molar-refractivity contribution in [3.8, 4) is 0 Å². The van der Waals surface area contributed by atoms with Crippen molar-refractivity contribution in [1.82, 2.24) is 14.8 Å². The first-order valence-corrected chi connectivity index (χ1v) is 9.08. The quantitative estimate of drug-likeness (QED) is 0.861. The van der Waals surface area contributed by atoms with Gasteiger partial charge in [-0.25, -0.2) is 4.98 Å². The summed E-state index contributed by atoms with van der Waals surface area (Å²) in [7, 11) is 2.20. The van der Waals surface area contributed by atoms with Gasteiger partial charge in [0.15, 0.2) is 0 Å². The number of hydrogen-bond donors (Lipinski definition) is 0. The molecule has 2 aliphatic heterocycles. The fourth-order valence-electron chi connectivity index (χ4n) is 3.92. The minimum Gasteiger partial charge on any atom is -0.333 e. The molecule has 0 unspecified atom stereocenters. The average Bonchev–Trinajstić information content (AvgIpc) is 2.93. The van der Waals surface area contributed by atoms with Gasteiger partial charge in [0.25, 0.3) is 5.91 Å². The Morgan fingerprint density at radius 1 is 1.19 bits per heavy atom. The highest BCUT2D eigenvalue weighted by Crippen LogP contribution is 2.41. The first-order chi connectivity index (χ1) is 10.2. The highest BCUT2D eigenvalue weighted by atomic mass is 32.1. The van der Waals surface area contributed by atoms with Crippen molar-refractivity contribution in [1.29, 1.82) is 0 Å². The van der Waals surface area contributed by atoms with E-state index in [9.17, 15) is 4.79 Å². The SMILES string of the molecule is CN1CCC[C@@H]1[C@H]1CCCN1C(=O)c1csc(C2CC2)n1. The predicted molar refractivity (Wildman–Crippen MR) is 83.8 cm³/mol. The van der Waals surface area contributed by atoms with Crippen LogP contribution in [0.4, 0.5) is 0 Å². The summed E-state index contributed by atoms with van der Waals surface area (Å²) in [6.45, 7) is 2.08. The molecule has 0 spiro atoms. The summed E-state index contributed by atoms with van der Waals surface area (Å²) in [5, 5.41) is 3.15. The third-order valence-electron chi connectivity index (χ3n) is 5.25. The maximum atomic E-state index is 12.8. The zero-order chi connectivity index (χ0) is 14.4. The number of hydrogen-bond acceptors (Lipinski definition) is 4. The summed E-state index contributed by atoms with van der Waals surface area (Å²) in [5.41, 5.74) is 0.689. The Kier molecular flexibility index (Phi) is 3.50. The van der Waals surface area contributed by atoms with Gasteiger partial charge >= 0.3 is 0 Å². The molecule has 0 radical (unpaired) electrons. The molecule has 0 bridgehead atoms. The first-order valence-electron chi connectivity index (χ1n) is 8.20. The van der Waals surface area contributed by atoms with E-state index < -0.39 is 0 Å². The van der Waals surface area contributed by atoms with E-state index in [2.05, 4.69) is 21.8 Å². The third kappa shape index (κ3) is 2.50. The fourth-order valence-corrected chi connectivity index (χ4v) is 4.88. The molecule has 4 rings (SSSR count). The Morgan fingerprint density at radius 3 is 2.67 bits per heavy atom. The van der Waals surface area contributed by atoms with Crippen LogP contribution in [0.15, 0.2) is 5.38 Å². The summed E-state index contributed by atoms with van der Waals surface area (Å²) >= 11 is 1.67. The Labute approximate surface area is 130 Å². The Hall–Kier alpha value is -0.940. The number of likely N-dealkylation sites (tertiary alicyclic amines) is 2. The average molecular weight is 305 g/mol. The number of carbonyl (C=O) groups is 1. The molecule has 114 valence electrons. The molecule has 2 saturated heterocycles. The molecule has 1 aromatic rings. The molecule has 1 amide bonds.